The van der Waals surface area contributed by atoms with Crippen LogP contribution in [-0.2, 0) is 81.7 Å². The lowest BCUT2D eigenvalue weighted by molar-refractivity contribution is -0.157. The molecule has 2 aliphatic carbocycles. The summed E-state index contributed by atoms with van der Waals surface area (Å²) in [7, 11) is 0. The monoisotopic (exact) mass is 1240 g/mol. The first-order valence-corrected chi connectivity index (χ1v) is 29.4. The third kappa shape index (κ3) is 21.5. The summed E-state index contributed by atoms with van der Waals surface area (Å²) in [5, 5.41) is 35.6. The Hall–Kier alpha value is -8.44. The van der Waals surface area contributed by atoms with Crippen LogP contribution in [0.4, 0.5) is 9.18 Å². The molecule has 0 bridgehead atoms. The second kappa shape index (κ2) is 37.3. The number of imide groups is 1. The minimum atomic E-state index is -1.55. The highest BCUT2D eigenvalue weighted by Crippen LogP contribution is 2.45. The molecule has 4 unspecified atom stereocenters. The molecule has 2 fully saturated rings. The number of likely N-dealkylation sites (tertiary alicyclic amines) is 1. The number of pyridine rings is 2. The molecule has 0 spiro atoms. The van der Waals surface area contributed by atoms with E-state index in [0.29, 0.717) is 60.8 Å². The maximum atomic E-state index is 14.7. The van der Waals surface area contributed by atoms with Gasteiger partial charge < -0.3 is 71.9 Å². The third-order valence-corrected chi connectivity index (χ3v) is 13.9. The van der Waals surface area contributed by atoms with Crippen LogP contribution in [-0.4, -0.2) is 156 Å². The highest BCUT2D eigenvalue weighted by Gasteiger charge is 2.38. The Bertz CT molecular complexity index is 3030. The van der Waals surface area contributed by atoms with Crippen LogP contribution in [0.5, 0.6) is 0 Å². The van der Waals surface area contributed by atoms with E-state index in [4.69, 9.17) is 34.8 Å². The number of esters is 1. The second-order valence-corrected chi connectivity index (χ2v) is 21.0. The predicted molar refractivity (Wildman–Crippen MR) is 318 cm³/mol. The summed E-state index contributed by atoms with van der Waals surface area (Å²) in [5.74, 6) is -4.33. The minimum Gasteiger partial charge on any atom is -0.483 e. The zero-order valence-electron chi connectivity index (χ0n) is 51.5. The molecular weight excluding hydrogens is 1150 g/mol. The summed E-state index contributed by atoms with van der Waals surface area (Å²) >= 11 is 0. The number of carbonyl (C=O) groups is 11. The first-order chi connectivity index (χ1) is 42.0. The Morgan fingerprint density at radius 3 is 2.10 bits per heavy atom. The molecule has 486 valence electrons. The van der Waals surface area contributed by atoms with Gasteiger partial charge in [0, 0.05) is 47.9 Å². The quantitative estimate of drug-likeness (QED) is 0.0166. The fourth-order valence-corrected chi connectivity index (χ4v) is 9.35. The van der Waals surface area contributed by atoms with Gasteiger partial charge in [-0.1, -0.05) is 61.8 Å². The van der Waals surface area contributed by atoms with E-state index in [-0.39, 0.29) is 124 Å². The molecule has 11 N–H and O–H groups in total. The fraction of sp³-hybridized carbons (Fsp3) is 0.576. The van der Waals surface area contributed by atoms with E-state index in [1.54, 1.807) is 33.8 Å². The van der Waals surface area contributed by atoms with Gasteiger partial charge in [0.15, 0.2) is 6.10 Å². The average molecular weight is 1240 g/mol. The summed E-state index contributed by atoms with van der Waals surface area (Å²) < 4.78 is 31.8. The normalized spacial score (nSPS) is 16.5. The number of aryl methyl sites for hydroxylation is 1. The van der Waals surface area contributed by atoms with Crippen molar-refractivity contribution in [3.05, 3.63) is 61.7 Å². The number of hydrogen-bond acceptors (Lipinski definition) is 17. The van der Waals surface area contributed by atoms with Crippen molar-refractivity contribution in [2.45, 2.75) is 145 Å². The van der Waals surface area contributed by atoms with Gasteiger partial charge in [-0.15, -0.1) is 0 Å². The molecule has 5 heterocycles. The highest BCUT2D eigenvalue weighted by atomic mass is 19.1. The van der Waals surface area contributed by atoms with E-state index in [1.807, 2.05) is 20.8 Å². The number of fused-ring (bicyclic) bond motifs is 5. The van der Waals surface area contributed by atoms with E-state index in [1.165, 1.54) is 17.1 Å². The summed E-state index contributed by atoms with van der Waals surface area (Å²) in [5.41, 5.74) is 9.26. The smallest absolute Gasteiger partial charge is 0.340 e. The van der Waals surface area contributed by atoms with Gasteiger partial charge in [-0.05, 0) is 73.6 Å². The van der Waals surface area contributed by atoms with Crippen molar-refractivity contribution >= 4 is 77.1 Å². The number of hydrogen-bond donors (Lipinski definition) is 10. The standard InChI is InChI=1S/C26H42N6O9.C23H18FN3O5.C4H10N2O.C3H8.C2H6.CH2O2/c1-16(2)24(25(38)29-12-21(35)30-15-41-14-18-4-5-18)31-22(36)13-28-20(34)11-27-19(33)6-8-40-9-7-32-23(37)10-17(3)26(32)39;1-9-10-2-3-15(25-8-28)19-12-6-27-17(20(12)26-16(18(10)19)5-14(9)24)4-11-13(22(27)30)7-32-23(31)21(11)29;1-2-3-6-4(5)7;1-3-2;1-2;2-1-3/h16-18,24H,4-15H2,1-3H3,(H,27,33)(H,28,34)(H,29,38)(H,30,35)(H,31,36);4-5,8,15,21,29H,2-3,6-7H2,1H3,(H,25,28);2-3H2,1H3,(H3,5,6,7);3H2,1-2H3;1-2H3;1H,(H,2,3). The lowest BCUT2D eigenvalue weighted by Gasteiger charge is -2.28. The van der Waals surface area contributed by atoms with E-state index in [0.717, 1.165) is 46.2 Å². The molecule has 10 amide bonds. The summed E-state index contributed by atoms with van der Waals surface area (Å²) in [6.07, 6.45) is 4.92. The number of cyclic esters (lactones) is 1. The van der Waals surface area contributed by atoms with Gasteiger partial charge in [0.2, 0.25) is 47.8 Å². The Labute approximate surface area is 509 Å². The number of carbonyl (C=O) groups excluding carboxylic acids is 10. The molecule has 1 saturated heterocycles. The van der Waals surface area contributed by atoms with Crippen molar-refractivity contribution in [2.24, 2.45) is 23.5 Å². The van der Waals surface area contributed by atoms with Crippen LogP contribution in [0.1, 0.15) is 146 Å². The molecule has 0 radical (unpaired) electrons. The minimum absolute atomic E-state index is 0.0378. The molecule has 29 heteroatoms. The largest absolute Gasteiger partial charge is 0.483 e. The number of aliphatic hydroxyl groups is 1. The number of urea groups is 1. The van der Waals surface area contributed by atoms with E-state index in [9.17, 15) is 62.2 Å². The third-order valence-electron chi connectivity index (χ3n) is 13.9. The molecular formula is C59H86FN11O17. The molecule has 28 nitrogen and oxygen atoms in total. The van der Waals surface area contributed by atoms with Crippen LogP contribution >= 0.6 is 0 Å². The Morgan fingerprint density at radius 1 is 0.875 bits per heavy atom. The van der Waals surface area contributed by atoms with Crippen LogP contribution < -0.4 is 48.5 Å². The number of amides is 10. The van der Waals surface area contributed by atoms with Crippen molar-refractivity contribution in [3.63, 3.8) is 0 Å². The topological polar surface area (TPSA) is 404 Å². The highest BCUT2D eigenvalue weighted by molar-refractivity contribution is 6.03. The molecule has 2 aromatic heterocycles. The number of halogens is 1. The molecule has 4 atom stereocenters. The van der Waals surface area contributed by atoms with Gasteiger partial charge in [-0.2, -0.15) is 0 Å². The SMILES string of the molecule is CC.CC1CC(=O)N(CCOCCC(=O)NCC(=O)NCC(=O)NC(C(=O)NCC(=O)NCOCC2CC2)C(C)C)C1=O.CCC.CCCNC(N)=O.Cc1c(F)cc2nc3c(c4c2c1CCC4NC=O)Cn1c-3cc2c(c1=O)COC(=O)C2O.O=CO. The lowest BCUT2D eigenvalue weighted by atomic mass is 9.82. The van der Waals surface area contributed by atoms with E-state index < -0.39 is 60.2 Å². The molecule has 1 saturated carbocycles. The van der Waals surface area contributed by atoms with Crippen molar-refractivity contribution < 1.29 is 81.6 Å². The number of primary amides is 1. The summed E-state index contributed by atoms with van der Waals surface area (Å²) in [6.45, 7) is 17.4. The van der Waals surface area contributed by atoms with Crippen molar-refractivity contribution in [3.8, 4) is 11.4 Å². The van der Waals surface area contributed by atoms with Crippen LogP contribution in [0.2, 0.25) is 0 Å². The number of carboxylic acid groups (broad SMARTS) is 1. The van der Waals surface area contributed by atoms with Gasteiger partial charge >= 0.3 is 12.0 Å². The summed E-state index contributed by atoms with van der Waals surface area (Å²) in [6, 6.07) is 1.31. The molecule has 1 aromatic carbocycles. The number of nitrogens with two attached hydrogens (primary N) is 1. The maximum absolute atomic E-state index is 14.7. The van der Waals surface area contributed by atoms with Crippen LogP contribution in [0.25, 0.3) is 22.3 Å². The first kappa shape index (κ1) is 73.8. The van der Waals surface area contributed by atoms with E-state index >= 15 is 0 Å². The number of nitrogens with one attached hydrogen (secondary N) is 7. The molecule has 8 rings (SSSR count). The van der Waals surface area contributed by atoms with Gasteiger partial charge in [-0.25, -0.2) is 19.0 Å². The molecule has 88 heavy (non-hydrogen) atoms. The van der Waals surface area contributed by atoms with Crippen LogP contribution in [0.3, 0.4) is 0 Å². The van der Waals surface area contributed by atoms with Crippen molar-refractivity contribution in [1.29, 1.82) is 0 Å². The number of ether oxygens (including phenoxy) is 3. The Morgan fingerprint density at radius 2 is 1.51 bits per heavy atom. The number of aliphatic hydroxyl groups excluding tert-OH is 1. The van der Waals surface area contributed by atoms with Crippen LogP contribution in [0, 0.1) is 30.5 Å². The lowest BCUT2D eigenvalue weighted by Crippen LogP contribution is -2.53. The molecule has 3 aromatic rings. The fourth-order valence-electron chi connectivity index (χ4n) is 9.35. The van der Waals surface area contributed by atoms with E-state index in [2.05, 4.69) is 51.1 Å². The Kier molecular flexibility index (Phi) is 31.3. The number of nitrogens with zero attached hydrogens (tertiary/aromatic N) is 3. The van der Waals surface area contributed by atoms with Gasteiger partial charge in [0.05, 0.1) is 81.1 Å². The Balaban J connectivity index is 0.000000380. The first-order valence-electron chi connectivity index (χ1n) is 29.4. The number of aromatic nitrogens is 2. The zero-order valence-corrected chi connectivity index (χ0v) is 51.5. The number of rotatable bonds is 23. The van der Waals surface area contributed by atoms with Gasteiger partial charge in [-0.3, -0.25) is 52.8 Å². The van der Waals surface area contributed by atoms with Crippen molar-refractivity contribution in [2.75, 3.05) is 59.3 Å². The van der Waals surface area contributed by atoms with Crippen molar-refractivity contribution in [1.82, 2.24) is 51.7 Å². The molecule has 3 aliphatic heterocycles. The summed E-state index contributed by atoms with van der Waals surface area (Å²) in [4.78, 5) is 145. The second-order valence-electron chi connectivity index (χ2n) is 21.0. The van der Waals surface area contributed by atoms with Gasteiger partial charge in [0.1, 0.15) is 25.2 Å². The average Bonchev–Trinajstić information content (AvgIpc) is 1.47. The maximum Gasteiger partial charge on any atom is 0.340 e. The number of benzene rings is 1. The van der Waals surface area contributed by atoms with Gasteiger partial charge in [0.25, 0.3) is 12.0 Å². The van der Waals surface area contributed by atoms with Crippen LogP contribution in [0.15, 0.2) is 16.9 Å². The molecule has 5 aliphatic rings. The predicted octanol–water partition coefficient (Wildman–Crippen LogP) is 1.68. The zero-order chi connectivity index (χ0) is 65.8.